The molecule has 0 aromatic rings. The summed E-state index contributed by atoms with van der Waals surface area (Å²) >= 11 is 0. The Morgan fingerprint density at radius 2 is 1.59 bits per heavy atom. The van der Waals surface area contributed by atoms with Gasteiger partial charge in [-0.3, -0.25) is 0 Å². The summed E-state index contributed by atoms with van der Waals surface area (Å²) < 4.78 is 0. The largest absolute Gasteiger partial charge is 0.315 e. The first-order valence-corrected chi connectivity index (χ1v) is 7.67. The van der Waals surface area contributed by atoms with E-state index in [0.29, 0.717) is 0 Å². The predicted octanol–water partition coefficient (Wildman–Crippen LogP) is 2.74. The van der Waals surface area contributed by atoms with Gasteiger partial charge in [-0.1, -0.05) is 13.8 Å². The SMILES string of the molecule is CC(C)CCNCCN(CC1CC1)CC1CC1. The second-order valence-corrected chi connectivity index (χ2v) is 6.58. The zero-order chi connectivity index (χ0) is 12.1. The van der Waals surface area contributed by atoms with Gasteiger partial charge in [0.1, 0.15) is 0 Å². The topological polar surface area (TPSA) is 15.3 Å². The quantitative estimate of drug-likeness (QED) is 0.589. The molecule has 0 spiro atoms. The first kappa shape index (κ1) is 13.4. The van der Waals surface area contributed by atoms with Crippen molar-refractivity contribution in [1.82, 2.24) is 10.2 Å². The van der Waals surface area contributed by atoms with Gasteiger partial charge in [-0.05, 0) is 56.4 Å². The van der Waals surface area contributed by atoms with Crippen molar-refractivity contribution < 1.29 is 0 Å². The van der Waals surface area contributed by atoms with Gasteiger partial charge >= 0.3 is 0 Å². The van der Waals surface area contributed by atoms with Crippen LogP contribution in [0.15, 0.2) is 0 Å². The van der Waals surface area contributed by atoms with E-state index < -0.39 is 0 Å². The molecule has 0 aliphatic heterocycles. The summed E-state index contributed by atoms with van der Waals surface area (Å²) in [6.07, 6.45) is 7.26. The first-order valence-electron chi connectivity index (χ1n) is 7.67. The van der Waals surface area contributed by atoms with Crippen LogP contribution in [0, 0.1) is 17.8 Å². The number of hydrogen-bond donors (Lipinski definition) is 1. The van der Waals surface area contributed by atoms with Crippen LogP contribution >= 0.6 is 0 Å². The third kappa shape index (κ3) is 6.42. The molecule has 0 saturated heterocycles. The maximum atomic E-state index is 3.59. The van der Waals surface area contributed by atoms with Crippen molar-refractivity contribution in [1.29, 1.82) is 0 Å². The van der Waals surface area contributed by atoms with Crippen molar-refractivity contribution in [3.8, 4) is 0 Å². The monoisotopic (exact) mass is 238 g/mol. The molecule has 0 heterocycles. The van der Waals surface area contributed by atoms with Crippen molar-refractivity contribution in [2.24, 2.45) is 17.8 Å². The fraction of sp³-hybridized carbons (Fsp3) is 1.00. The van der Waals surface area contributed by atoms with Crippen molar-refractivity contribution in [3.63, 3.8) is 0 Å². The van der Waals surface area contributed by atoms with E-state index in [1.807, 2.05) is 0 Å². The summed E-state index contributed by atoms with van der Waals surface area (Å²) in [6, 6.07) is 0. The van der Waals surface area contributed by atoms with Gasteiger partial charge in [0.2, 0.25) is 0 Å². The maximum absolute atomic E-state index is 3.59. The fourth-order valence-electron chi connectivity index (χ4n) is 2.34. The highest BCUT2D eigenvalue weighted by molar-refractivity contribution is 4.82. The molecular formula is C15H30N2. The van der Waals surface area contributed by atoms with E-state index in [1.54, 1.807) is 0 Å². The Labute approximate surface area is 107 Å². The summed E-state index contributed by atoms with van der Waals surface area (Å²) in [6.45, 7) is 11.0. The number of rotatable bonds is 10. The highest BCUT2D eigenvalue weighted by atomic mass is 15.1. The number of nitrogens with zero attached hydrogens (tertiary/aromatic N) is 1. The first-order chi connectivity index (χ1) is 8.24. The Bertz CT molecular complexity index is 193. The lowest BCUT2D eigenvalue weighted by molar-refractivity contribution is 0.252. The molecular weight excluding hydrogens is 208 g/mol. The average Bonchev–Trinajstić information content (AvgIpc) is 3.11. The van der Waals surface area contributed by atoms with Gasteiger partial charge < -0.3 is 10.2 Å². The van der Waals surface area contributed by atoms with E-state index in [4.69, 9.17) is 0 Å². The zero-order valence-corrected chi connectivity index (χ0v) is 11.8. The van der Waals surface area contributed by atoms with Gasteiger partial charge in [0.25, 0.3) is 0 Å². The minimum Gasteiger partial charge on any atom is -0.315 e. The molecule has 1 N–H and O–H groups in total. The lowest BCUT2D eigenvalue weighted by Gasteiger charge is -2.22. The van der Waals surface area contributed by atoms with Crippen LogP contribution in [0.3, 0.4) is 0 Å². The highest BCUT2D eigenvalue weighted by Gasteiger charge is 2.28. The molecule has 0 unspecified atom stereocenters. The molecule has 2 fully saturated rings. The average molecular weight is 238 g/mol. The normalized spacial score (nSPS) is 20.5. The van der Waals surface area contributed by atoms with E-state index >= 15 is 0 Å². The lowest BCUT2D eigenvalue weighted by Crippen LogP contribution is -2.35. The molecule has 2 saturated carbocycles. The summed E-state index contributed by atoms with van der Waals surface area (Å²) in [5, 5.41) is 3.59. The lowest BCUT2D eigenvalue weighted by atomic mass is 10.1. The molecule has 100 valence electrons. The van der Waals surface area contributed by atoms with Gasteiger partial charge in [-0.2, -0.15) is 0 Å². The molecule has 0 aromatic heterocycles. The number of hydrogen-bond acceptors (Lipinski definition) is 2. The van der Waals surface area contributed by atoms with E-state index in [-0.39, 0.29) is 0 Å². The second-order valence-electron chi connectivity index (χ2n) is 6.58. The van der Waals surface area contributed by atoms with Crippen LogP contribution in [0.1, 0.15) is 46.0 Å². The molecule has 0 bridgehead atoms. The van der Waals surface area contributed by atoms with Gasteiger partial charge in [-0.25, -0.2) is 0 Å². The van der Waals surface area contributed by atoms with Crippen molar-refractivity contribution in [2.45, 2.75) is 46.0 Å². The molecule has 0 amide bonds. The van der Waals surface area contributed by atoms with Crippen LogP contribution in [-0.2, 0) is 0 Å². The van der Waals surface area contributed by atoms with Crippen molar-refractivity contribution in [3.05, 3.63) is 0 Å². The van der Waals surface area contributed by atoms with Gasteiger partial charge in [0, 0.05) is 26.2 Å². The van der Waals surface area contributed by atoms with Gasteiger partial charge in [-0.15, -0.1) is 0 Å². The Morgan fingerprint density at radius 3 is 2.06 bits per heavy atom. The van der Waals surface area contributed by atoms with E-state index in [9.17, 15) is 0 Å². The highest BCUT2D eigenvalue weighted by Crippen LogP contribution is 2.33. The second kappa shape index (κ2) is 6.75. The van der Waals surface area contributed by atoms with Crippen molar-refractivity contribution >= 4 is 0 Å². The molecule has 2 heteroatoms. The van der Waals surface area contributed by atoms with Crippen LogP contribution in [0.5, 0.6) is 0 Å². The third-order valence-corrected chi connectivity index (χ3v) is 3.93. The van der Waals surface area contributed by atoms with Crippen LogP contribution in [-0.4, -0.2) is 37.6 Å². The minimum atomic E-state index is 0.830. The van der Waals surface area contributed by atoms with E-state index in [0.717, 1.165) is 17.8 Å². The van der Waals surface area contributed by atoms with Crippen LogP contribution in [0.25, 0.3) is 0 Å². The molecule has 0 radical (unpaired) electrons. The summed E-state index contributed by atoms with van der Waals surface area (Å²) in [4.78, 5) is 2.72. The molecule has 0 aromatic carbocycles. The fourth-order valence-corrected chi connectivity index (χ4v) is 2.34. The van der Waals surface area contributed by atoms with Crippen LogP contribution < -0.4 is 5.32 Å². The third-order valence-electron chi connectivity index (χ3n) is 3.93. The summed E-state index contributed by atoms with van der Waals surface area (Å²) in [5.74, 6) is 2.92. The molecule has 2 aliphatic carbocycles. The van der Waals surface area contributed by atoms with Gasteiger partial charge in [0.05, 0.1) is 0 Å². The van der Waals surface area contributed by atoms with Crippen LogP contribution in [0.4, 0.5) is 0 Å². The molecule has 0 atom stereocenters. The van der Waals surface area contributed by atoms with Crippen molar-refractivity contribution in [2.75, 3.05) is 32.7 Å². The van der Waals surface area contributed by atoms with E-state index in [2.05, 4.69) is 24.1 Å². The summed E-state index contributed by atoms with van der Waals surface area (Å²) in [7, 11) is 0. The standard InChI is InChI=1S/C15H30N2/c1-13(2)7-8-16-9-10-17(11-14-3-4-14)12-15-5-6-15/h13-16H,3-12H2,1-2H3. The van der Waals surface area contributed by atoms with Gasteiger partial charge in [0.15, 0.2) is 0 Å². The molecule has 2 nitrogen and oxygen atoms in total. The predicted molar refractivity (Wildman–Crippen MR) is 74.2 cm³/mol. The minimum absolute atomic E-state index is 0.830. The number of nitrogens with one attached hydrogen (secondary N) is 1. The smallest absolute Gasteiger partial charge is 0.0107 e. The maximum Gasteiger partial charge on any atom is 0.0107 e. The molecule has 17 heavy (non-hydrogen) atoms. The van der Waals surface area contributed by atoms with Crippen LogP contribution in [0.2, 0.25) is 0 Å². The Hall–Kier alpha value is -0.0800. The van der Waals surface area contributed by atoms with E-state index in [1.165, 1.54) is 64.8 Å². The summed E-state index contributed by atoms with van der Waals surface area (Å²) in [5.41, 5.74) is 0. The molecule has 2 aliphatic rings. The Kier molecular flexibility index (Phi) is 5.30. The Balaban J connectivity index is 1.52. The molecule has 2 rings (SSSR count). The Morgan fingerprint density at radius 1 is 1.00 bits per heavy atom. The zero-order valence-electron chi connectivity index (χ0n) is 11.8.